The number of aliphatic hydroxyl groups excluding tert-OH is 2. The van der Waals surface area contributed by atoms with Gasteiger partial charge >= 0.3 is 0 Å². The number of carbonyl (C=O) groups excluding carboxylic acids is 1. The van der Waals surface area contributed by atoms with Gasteiger partial charge in [0, 0.05) is 41.7 Å². The van der Waals surface area contributed by atoms with Gasteiger partial charge < -0.3 is 15.1 Å². The van der Waals surface area contributed by atoms with E-state index in [0.717, 1.165) is 43.5 Å². The van der Waals surface area contributed by atoms with Gasteiger partial charge in [-0.05, 0) is 43.9 Å². The van der Waals surface area contributed by atoms with E-state index < -0.39 is 12.5 Å². The highest BCUT2D eigenvalue weighted by molar-refractivity contribution is 7.17. The number of nitrogens with zero attached hydrogens (tertiary/aromatic N) is 3. The number of anilines is 1. The normalized spacial score (nSPS) is 17.1. The molecule has 2 atom stereocenters. The van der Waals surface area contributed by atoms with Crippen LogP contribution in [0.2, 0.25) is 0 Å². The van der Waals surface area contributed by atoms with E-state index in [-0.39, 0.29) is 5.91 Å². The number of aromatic amines is 1. The quantitative estimate of drug-likeness (QED) is 0.504. The number of thiophene rings is 1. The van der Waals surface area contributed by atoms with Gasteiger partial charge in [0.2, 0.25) is 6.35 Å². The molecule has 0 saturated heterocycles. The van der Waals surface area contributed by atoms with Crippen LogP contribution in [-0.2, 0) is 6.42 Å². The Morgan fingerprint density at radius 3 is 2.55 bits per heavy atom. The lowest BCUT2D eigenvalue weighted by Gasteiger charge is -2.40. The fourth-order valence-electron chi connectivity index (χ4n) is 4.41. The lowest BCUT2D eigenvalue weighted by atomic mass is 9.94. The Bertz CT molecular complexity index is 1160. The molecule has 3 N–H and O–H groups in total. The number of aliphatic hydroxyl groups is 2. The minimum absolute atomic E-state index is 0.196. The third-order valence-corrected chi connectivity index (χ3v) is 7.45. The van der Waals surface area contributed by atoms with Crippen LogP contribution in [0.5, 0.6) is 0 Å². The lowest BCUT2D eigenvalue weighted by molar-refractivity contribution is 0.0133. The number of carbonyl (C=O) groups is 1. The fourth-order valence-corrected chi connectivity index (χ4v) is 5.76. The van der Waals surface area contributed by atoms with Gasteiger partial charge in [-0.1, -0.05) is 32.0 Å². The predicted molar refractivity (Wildman–Crippen MR) is 132 cm³/mol. The van der Waals surface area contributed by atoms with Gasteiger partial charge in [0.15, 0.2) is 0 Å². The van der Waals surface area contributed by atoms with Crippen LogP contribution in [0.4, 0.5) is 5.00 Å². The molecule has 0 fully saturated rings. The molecule has 1 aliphatic rings. The van der Waals surface area contributed by atoms with Gasteiger partial charge in [-0.25, -0.2) is 0 Å². The standard InChI is InChI=1S/C25H32N4O3S/c1-13(2)12-29-24-22(23(31)28(6)25(29)32)21(18-9-7-8-17(10-18)16(5)30)20(33-24)11-19-14(3)26-27-15(19)4/h7-10,13,16,25,30,32H,11-12H2,1-6H3,(H,26,27). The SMILES string of the molecule is Cc1n[nH]c(C)c1Cc1sc2c(c1-c1cccc(C(C)O)c1)C(=O)N(C)C(O)N2CC(C)C. The Balaban J connectivity index is 1.97. The number of nitrogens with one attached hydrogen (secondary N) is 1. The number of aryl methyl sites for hydroxylation is 2. The molecule has 4 rings (SSSR count). The summed E-state index contributed by atoms with van der Waals surface area (Å²) in [5.74, 6) is 0.109. The van der Waals surface area contributed by atoms with Crippen LogP contribution < -0.4 is 4.90 Å². The van der Waals surface area contributed by atoms with E-state index in [2.05, 4.69) is 24.0 Å². The first kappa shape index (κ1) is 23.5. The van der Waals surface area contributed by atoms with Crippen LogP contribution >= 0.6 is 11.3 Å². The molecule has 0 bridgehead atoms. The van der Waals surface area contributed by atoms with E-state index in [1.165, 1.54) is 4.90 Å². The molecule has 2 unspecified atom stereocenters. The summed E-state index contributed by atoms with van der Waals surface area (Å²) in [6.45, 7) is 10.5. The summed E-state index contributed by atoms with van der Waals surface area (Å²) in [5.41, 5.74) is 6.22. The number of hydrogen-bond donors (Lipinski definition) is 3. The van der Waals surface area contributed by atoms with Gasteiger partial charge in [0.05, 0.1) is 17.4 Å². The van der Waals surface area contributed by atoms with Gasteiger partial charge in [0.25, 0.3) is 5.91 Å². The summed E-state index contributed by atoms with van der Waals surface area (Å²) in [6, 6.07) is 7.74. The van der Waals surface area contributed by atoms with Gasteiger partial charge in [0.1, 0.15) is 5.00 Å². The zero-order chi connectivity index (χ0) is 24.0. The minimum Gasteiger partial charge on any atom is -0.389 e. The van der Waals surface area contributed by atoms with Gasteiger partial charge in [-0.15, -0.1) is 11.3 Å². The van der Waals surface area contributed by atoms with E-state index in [1.807, 2.05) is 43.0 Å². The maximum absolute atomic E-state index is 13.5. The Kier molecular flexibility index (Phi) is 6.35. The zero-order valence-electron chi connectivity index (χ0n) is 20.0. The summed E-state index contributed by atoms with van der Waals surface area (Å²) in [7, 11) is 1.64. The van der Waals surface area contributed by atoms with E-state index in [1.54, 1.807) is 25.3 Å². The first-order chi connectivity index (χ1) is 15.6. The topological polar surface area (TPSA) is 92.7 Å². The van der Waals surface area contributed by atoms with Crippen molar-refractivity contribution in [3.63, 3.8) is 0 Å². The van der Waals surface area contributed by atoms with Crippen molar-refractivity contribution in [3.05, 3.63) is 57.2 Å². The number of amides is 1. The summed E-state index contributed by atoms with van der Waals surface area (Å²) >= 11 is 1.56. The molecule has 1 amide bonds. The second-order valence-corrected chi connectivity index (χ2v) is 10.4. The molecule has 8 heteroatoms. The second kappa shape index (κ2) is 8.93. The third kappa shape index (κ3) is 4.18. The van der Waals surface area contributed by atoms with Crippen LogP contribution in [0.1, 0.15) is 64.6 Å². The van der Waals surface area contributed by atoms with Gasteiger partial charge in [-0.2, -0.15) is 5.10 Å². The molecule has 1 aliphatic heterocycles. The van der Waals surface area contributed by atoms with Crippen LogP contribution in [0.3, 0.4) is 0 Å². The number of rotatable bonds is 6. The highest BCUT2D eigenvalue weighted by Gasteiger charge is 2.39. The maximum atomic E-state index is 13.5. The van der Waals surface area contributed by atoms with Crippen molar-refractivity contribution in [3.8, 4) is 11.1 Å². The first-order valence-corrected chi connectivity index (χ1v) is 12.1. The van der Waals surface area contributed by atoms with Crippen LogP contribution in [0.25, 0.3) is 11.1 Å². The largest absolute Gasteiger partial charge is 0.389 e. The van der Waals surface area contributed by atoms with Crippen molar-refractivity contribution in [2.24, 2.45) is 5.92 Å². The number of fused-ring (bicyclic) bond motifs is 1. The number of aromatic nitrogens is 2. The first-order valence-electron chi connectivity index (χ1n) is 11.3. The average Bonchev–Trinajstić information content (AvgIpc) is 3.30. The van der Waals surface area contributed by atoms with Gasteiger partial charge in [-0.3, -0.25) is 14.8 Å². The van der Waals surface area contributed by atoms with Crippen molar-refractivity contribution in [2.45, 2.75) is 53.5 Å². The molecular weight excluding hydrogens is 436 g/mol. The highest BCUT2D eigenvalue weighted by atomic mass is 32.1. The van der Waals surface area contributed by atoms with Crippen molar-refractivity contribution < 1.29 is 15.0 Å². The van der Waals surface area contributed by atoms with Crippen molar-refractivity contribution in [1.82, 2.24) is 15.1 Å². The van der Waals surface area contributed by atoms with E-state index in [0.29, 0.717) is 24.4 Å². The smallest absolute Gasteiger partial charge is 0.260 e. The molecule has 0 spiro atoms. The third-order valence-electron chi connectivity index (χ3n) is 6.22. The molecule has 2 aromatic heterocycles. The number of benzene rings is 1. The molecule has 0 saturated carbocycles. The van der Waals surface area contributed by atoms with Crippen molar-refractivity contribution >= 4 is 22.2 Å². The summed E-state index contributed by atoms with van der Waals surface area (Å²) in [6.07, 6.45) is -0.991. The molecule has 0 aliphatic carbocycles. The van der Waals surface area contributed by atoms with Crippen LogP contribution in [0, 0.1) is 19.8 Å². The van der Waals surface area contributed by atoms with E-state index >= 15 is 0 Å². The second-order valence-electron chi connectivity index (χ2n) is 9.28. The summed E-state index contributed by atoms with van der Waals surface area (Å²) in [5, 5.41) is 29.3. The Morgan fingerprint density at radius 2 is 1.94 bits per heavy atom. The predicted octanol–water partition coefficient (Wildman–Crippen LogP) is 4.22. The molecule has 3 aromatic rings. The molecule has 33 heavy (non-hydrogen) atoms. The highest BCUT2D eigenvalue weighted by Crippen LogP contribution is 2.47. The summed E-state index contributed by atoms with van der Waals surface area (Å²) in [4.78, 5) is 17.9. The lowest BCUT2D eigenvalue weighted by Crippen LogP contribution is -2.54. The Labute approximate surface area is 198 Å². The number of H-pyrrole nitrogens is 1. The zero-order valence-corrected chi connectivity index (χ0v) is 20.8. The molecule has 7 nitrogen and oxygen atoms in total. The van der Waals surface area contributed by atoms with E-state index in [9.17, 15) is 15.0 Å². The van der Waals surface area contributed by atoms with E-state index in [4.69, 9.17) is 0 Å². The number of hydrogen-bond acceptors (Lipinski definition) is 6. The Hall–Kier alpha value is -2.68. The molecular formula is C25H32N4O3S. The minimum atomic E-state index is -1.01. The van der Waals surface area contributed by atoms with Crippen molar-refractivity contribution in [1.29, 1.82) is 0 Å². The Morgan fingerprint density at radius 1 is 1.21 bits per heavy atom. The fraction of sp³-hybridized carbons (Fsp3) is 0.440. The monoisotopic (exact) mass is 468 g/mol. The molecule has 176 valence electrons. The summed E-state index contributed by atoms with van der Waals surface area (Å²) < 4.78 is 0. The van der Waals surface area contributed by atoms with Crippen LogP contribution in [-0.4, -0.2) is 51.2 Å². The van der Waals surface area contributed by atoms with Crippen molar-refractivity contribution in [2.75, 3.05) is 18.5 Å². The molecule has 0 radical (unpaired) electrons. The maximum Gasteiger partial charge on any atom is 0.260 e. The molecule has 1 aromatic carbocycles. The molecule has 3 heterocycles. The van der Waals surface area contributed by atoms with Crippen LogP contribution in [0.15, 0.2) is 24.3 Å². The average molecular weight is 469 g/mol.